The van der Waals surface area contributed by atoms with E-state index in [0.717, 1.165) is 45.6 Å². The molecule has 2 fully saturated rings. The van der Waals surface area contributed by atoms with Crippen molar-refractivity contribution in [2.75, 3.05) is 39.4 Å². The summed E-state index contributed by atoms with van der Waals surface area (Å²) in [5, 5.41) is 0. The van der Waals surface area contributed by atoms with Gasteiger partial charge in [-0.3, -0.25) is 4.79 Å². The van der Waals surface area contributed by atoms with Crippen molar-refractivity contribution in [2.24, 2.45) is 0 Å². The molecule has 0 N–H and O–H groups in total. The molecule has 24 heavy (non-hydrogen) atoms. The predicted molar refractivity (Wildman–Crippen MR) is 96.0 cm³/mol. The molecule has 0 aromatic heterocycles. The zero-order valence-electron chi connectivity index (χ0n) is 14.7. The number of hydrogen-bond donors (Lipinski definition) is 0. The molecule has 1 aromatic carbocycles. The molecule has 0 unspecified atom stereocenters. The van der Waals surface area contributed by atoms with Crippen LogP contribution in [0, 0.1) is 0 Å². The number of aryl methyl sites for hydroxylation is 1. The number of likely N-dealkylation sites (tertiary alicyclic amines) is 1. The number of carbonyl (C=O) groups excluding carboxylic acids is 1. The minimum absolute atomic E-state index is 0.310. The molecule has 4 heteroatoms. The molecular formula is C20H30N2O2. The highest BCUT2D eigenvalue weighted by Gasteiger charge is 2.26. The Balaban J connectivity index is 1.55. The number of carbonyl (C=O) groups is 1. The SMILES string of the molecule is O=C(CCc1ccccc1)N(CCN1CCCC1)C1CCOCC1. The van der Waals surface area contributed by atoms with Crippen LogP contribution in [0.25, 0.3) is 0 Å². The average molecular weight is 330 g/mol. The normalized spacial score (nSPS) is 19.5. The summed E-state index contributed by atoms with van der Waals surface area (Å²) >= 11 is 0. The highest BCUT2D eigenvalue weighted by molar-refractivity contribution is 5.76. The molecule has 132 valence electrons. The van der Waals surface area contributed by atoms with Gasteiger partial charge in [0.05, 0.1) is 0 Å². The predicted octanol–water partition coefficient (Wildman–Crippen LogP) is 2.72. The van der Waals surface area contributed by atoms with Gasteiger partial charge in [-0.2, -0.15) is 0 Å². The Hall–Kier alpha value is -1.39. The fourth-order valence-electron chi connectivity index (χ4n) is 3.80. The van der Waals surface area contributed by atoms with Crippen molar-refractivity contribution < 1.29 is 9.53 Å². The molecule has 4 nitrogen and oxygen atoms in total. The lowest BCUT2D eigenvalue weighted by molar-refractivity contribution is -0.135. The van der Waals surface area contributed by atoms with E-state index in [0.29, 0.717) is 18.4 Å². The molecule has 2 aliphatic heterocycles. The summed E-state index contributed by atoms with van der Waals surface area (Å²) < 4.78 is 5.49. The van der Waals surface area contributed by atoms with Crippen LogP contribution in [0.15, 0.2) is 30.3 Å². The zero-order valence-corrected chi connectivity index (χ0v) is 14.7. The molecule has 0 radical (unpaired) electrons. The molecule has 0 saturated carbocycles. The molecular weight excluding hydrogens is 300 g/mol. The largest absolute Gasteiger partial charge is 0.381 e. The number of nitrogens with zero attached hydrogens (tertiary/aromatic N) is 2. The molecule has 0 atom stereocenters. The third-order valence-corrected chi connectivity index (χ3v) is 5.28. The third kappa shape index (κ3) is 5.05. The van der Waals surface area contributed by atoms with Crippen LogP contribution in [0.3, 0.4) is 0 Å². The van der Waals surface area contributed by atoms with Gasteiger partial charge in [0.25, 0.3) is 0 Å². The van der Waals surface area contributed by atoms with Crippen molar-refractivity contribution >= 4 is 5.91 Å². The molecule has 2 aliphatic rings. The Morgan fingerprint density at radius 1 is 1.12 bits per heavy atom. The smallest absolute Gasteiger partial charge is 0.223 e. The van der Waals surface area contributed by atoms with Crippen LogP contribution >= 0.6 is 0 Å². The number of rotatable bonds is 7. The Bertz CT molecular complexity index is 494. The van der Waals surface area contributed by atoms with Gasteiger partial charge < -0.3 is 14.5 Å². The summed E-state index contributed by atoms with van der Waals surface area (Å²) in [7, 11) is 0. The summed E-state index contributed by atoms with van der Waals surface area (Å²) in [5.41, 5.74) is 1.25. The van der Waals surface area contributed by atoms with Crippen LogP contribution in [-0.4, -0.2) is 61.1 Å². The molecule has 0 spiro atoms. The molecule has 1 amide bonds. The maximum Gasteiger partial charge on any atom is 0.223 e. The van der Waals surface area contributed by atoms with E-state index in [1.165, 1.54) is 31.5 Å². The van der Waals surface area contributed by atoms with Crippen molar-refractivity contribution in [2.45, 2.75) is 44.6 Å². The average Bonchev–Trinajstić information content (AvgIpc) is 3.15. The van der Waals surface area contributed by atoms with Crippen molar-refractivity contribution in [3.8, 4) is 0 Å². The second-order valence-corrected chi connectivity index (χ2v) is 6.97. The Kier molecular flexibility index (Phi) is 6.67. The highest BCUT2D eigenvalue weighted by atomic mass is 16.5. The molecule has 0 bridgehead atoms. The Labute approximate surface area is 145 Å². The van der Waals surface area contributed by atoms with E-state index in [9.17, 15) is 4.79 Å². The van der Waals surface area contributed by atoms with Gasteiger partial charge in [0.15, 0.2) is 0 Å². The van der Waals surface area contributed by atoms with E-state index < -0.39 is 0 Å². The van der Waals surface area contributed by atoms with Gasteiger partial charge in [0, 0.05) is 38.8 Å². The maximum atomic E-state index is 12.9. The second kappa shape index (κ2) is 9.19. The zero-order chi connectivity index (χ0) is 16.6. The number of ether oxygens (including phenoxy) is 1. The van der Waals surface area contributed by atoms with Gasteiger partial charge in [0.1, 0.15) is 0 Å². The topological polar surface area (TPSA) is 32.8 Å². The Morgan fingerprint density at radius 3 is 2.54 bits per heavy atom. The molecule has 3 rings (SSSR count). The lowest BCUT2D eigenvalue weighted by Gasteiger charge is -2.35. The fourth-order valence-corrected chi connectivity index (χ4v) is 3.80. The van der Waals surface area contributed by atoms with Gasteiger partial charge in [-0.1, -0.05) is 30.3 Å². The van der Waals surface area contributed by atoms with E-state index in [-0.39, 0.29) is 0 Å². The van der Waals surface area contributed by atoms with Crippen LogP contribution in [0.5, 0.6) is 0 Å². The third-order valence-electron chi connectivity index (χ3n) is 5.28. The summed E-state index contributed by atoms with van der Waals surface area (Å²) in [6.07, 6.45) is 6.02. The van der Waals surface area contributed by atoms with Crippen LogP contribution in [0.4, 0.5) is 0 Å². The van der Waals surface area contributed by atoms with E-state index in [1.54, 1.807) is 0 Å². The minimum Gasteiger partial charge on any atom is -0.381 e. The van der Waals surface area contributed by atoms with E-state index >= 15 is 0 Å². The Morgan fingerprint density at radius 2 is 1.83 bits per heavy atom. The van der Waals surface area contributed by atoms with Crippen molar-refractivity contribution in [3.63, 3.8) is 0 Å². The van der Waals surface area contributed by atoms with E-state index in [4.69, 9.17) is 4.74 Å². The van der Waals surface area contributed by atoms with Crippen molar-refractivity contribution in [1.29, 1.82) is 0 Å². The van der Waals surface area contributed by atoms with Crippen LogP contribution in [0.2, 0.25) is 0 Å². The lowest BCUT2D eigenvalue weighted by Crippen LogP contribution is -2.46. The fraction of sp³-hybridized carbons (Fsp3) is 0.650. The van der Waals surface area contributed by atoms with Gasteiger partial charge in [-0.05, 0) is 50.8 Å². The first-order valence-corrected chi connectivity index (χ1v) is 9.46. The highest BCUT2D eigenvalue weighted by Crippen LogP contribution is 2.17. The second-order valence-electron chi connectivity index (χ2n) is 6.97. The first kappa shape index (κ1) is 17.4. The standard InChI is InChI=1S/C20H30N2O2/c23-20(9-8-18-6-2-1-3-7-18)22(19-10-16-24-17-11-19)15-14-21-12-4-5-13-21/h1-3,6-7,19H,4-5,8-17H2. The van der Waals surface area contributed by atoms with Gasteiger partial charge in [0.2, 0.25) is 5.91 Å². The van der Waals surface area contributed by atoms with Crippen LogP contribution in [-0.2, 0) is 16.0 Å². The number of amides is 1. The van der Waals surface area contributed by atoms with Gasteiger partial charge in [-0.15, -0.1) is 0 Å². The molecule has 2 heterocycles. The van der Waals surface area contributed by atoms with E-state index in [1.807, 2.05) is 18.2 Å². The molecule has 1 aromatic rings. The molecule has 2 saturated heterocycles. The summed E-state index contributed by atoms with van der Waals surface area (Å²) in [5.74, 6) is 0.310. The van der Waals surface area contributed by atoms with Crippen molar-refractivity contribution in [1.82, 2.24) is 9.80 Å². The van der Waals surface area contributed by atoms with Gasteiger partial charge >= 0.3 is 0 Å². The lowest BCUT2D eigenvalue weighted by atomic mass is 10.0. The van der Waals surface area contributed by atoms with E-state index in [2.05, 4.69) is 21.9 Å². The minimum atomic E-state index is 0.310. The van der Waals surface area contributed by atoms with Crippen molar-refractivity contribution in [3.05, 3.63) is 35.9 Å². The number of hydrogen-bond acceptors (Lipinski definition) is 3. The first-order chi connectivity index (χ1) is 11.8. The van der Waals surface area contributed by atoms with Crippen LogP contribution in [0.1, 0.15) is 37.7 Å². The summed E-state index contributed by atoms with van der Waals surface area (Å²) in [4.78, 5) is 17.5. The maximum absolute atomic E-state index is 12.9. The quantitative estimate of drug-likeness (QED) is 0.771. The summed E-state index contributed by atoms with van der Waals surface area (Å²) in [6.45, 7) is 5.86. The summed E-state index contributed by atoms with van der Waals surface area (Å²) in [6, 6.07) is 10.7. The van der Waals surface area contributed by atoms with Gasteiger partial charge in [-0.25, -0.2) is 0 Å². The van der Waals surface area contributed by atoms with Crippen LogP contribution < -0.4 is 0 Å². The first-order valence-electron chi connectivity index (χ1n) is 9.46. The monoisotopic (exact) mass is 330 g/mol. The molecule has 0 aliphatic carbocycles. The number of benzene rings is 1.